The third-order valence-electron chi connectivity index (χ3n) is 5.75. The minimum absolute atomic E-state index is 0.0575. The fourth-order valence-corrected chi connectivity index (χ4v) is 4.39. The van der Waals surface area contributed by atoms with Crippen molar-refractivity contribution in [1.82, 2.24) is 14.9 Å². The number of anilines is 1. The van der Waals surface area contributed by atoms with E-state index in [2.05, 4.69) is 16.0 Å². The Kier molecular flexibility index (Phi) is 3.74. The Morgan fingerprint density at radius 2 is 2.12 bits per heavy atom. The molecular weight excluding hydrogens is 312 g/mol. The van der Waals surface area contributed by atoms with Crippen LogP contribution in [0.15, 0.2) is 24.4 Å². The molecule has 1 spiro atoms. The number of carbonyl (C=O) groups excluding carboxylic acids is 1. The molecule has 5 heteroatoms. The maximum absolute atomic E-state index is 13.2. The van der Waals surface area contributed by atoms with Crippen molar-refractivity contribution in [3.05, 3.63) is 52.3 Å². The lowest BCUT2D eigenvalue weighted by Crippen LogP contribution is -2.48. The van der Waals surface area contributed by atoms with Crippen molar-refractivity contribution in [3.63, 3.8) is 0 Å². The molecule has 1 aromatic heterocycles. The summed E-state index contributed by atoms with van der Waals surface area (Å²) in [6, 6.07) is 6.08. The number of benzene rings is 1. The van der Waals surface area contributed by atoms with Crippen LogP contribution in [-0.4, -0.2) is 33.9 Å². The van der Waals surface area contributed by atoms with Crippen molar-refractivity contribution >= 4 is 11.9 Å². The highest BCUT2D eigenvalue weighted by atomic mass is 16.2. The van der Waals surface area contributed by atoms with Gasteiger partial charge in [-0.2, -0.15) is 0 Å². The van der Waals surface area contributed by atoms with Crippen molar-refractivity contribution in [2.75, 3.05) is 18.8 Å². The minimum atomic E-state index is -0.0575. The van der Waals surface area contributed by atoms with E-state index in [9.17, 15) is 4.79 Å². The fourth-order valence-electron chi connectivity index (χ4n) is 4.39. The van der Waals surface area contributed by atoms with Gasteiger partial charge in [0.15, 0.2) is 0 Å². The topological polar surface area (TPSA) is 72.1 Å². The quantitative estimate of drug-likeness (QED) is 0.869. The van der Waals surface area contributed by atoms with E-state index in [4.69, 9.17) is 5.73 Å². The van der Waals surface area contributed by atoms with Gasteiger partial charge in [-0.15, -0.1) is 0 Å². The number of piperidine rings is 1. The normalized spacial score (nSPS) is 22.2. The van der Waals surface area contributed by atoms with E-state index in [1.807, 2.05) is 37.1 Å². The molecule has 0 radical (unpaired) electrons. The lowest BCUT2D eigenvalue weighted by molar-refractivity contribution is 0.0632. The van der Waals surface area contributed by atoms with Crippen molar-refractivity contribution in [2.45, 2.75) is 44.9 Å². The molecule has 4 rings (SSSR count). The second-order valence-corrected chi connectivity index (χ2v) is 7.53. The van der Waals surface area contributed by atoms with Crippen LogP contribution in [-0.2, 0) is 11.8 Å². The molecule has 2 aromatic rings. The Morgan fingerprint density at radius 1 is 1.28 bits per heavy atom. The second-order valence-electron chi connectivity index (χ2n) is 7.53. The first-order valence-corrected chi connectivity index (χ1v) is 8.97. The lowest BCUT2D eigenvalue weighted by atomic mass is 9.77. The summed E-state index contributed by atoms with van der Waals surface area (Å²) in [4.78, 5) is 23.9. The summed E-state index contributed by atoms with van der Waals surface area (Å²) in [6.07, 6.45) is 5.92. The van der Waals surface area contributed by atoms with E-state index in [1.54, 1.807) is 0 Å². The van der Waals surface area contributed by atoms with Gasteiger partial charge in [0.25, 0.3) is 5.91 Å². The number of aryl methyl sites for hydroxylation is 3. The number of nitrogen functional groups attached to an aromatic ring is 1. The van der Waals surface area contributed by atoms with Crippen LogP contribution in [0.3, 0.4) is 0 Å². The Hall–Kier alpha value is -2.43. The molecule has 0 saturated carbocycles. The molecule has 2 N–H and O–H groups in total. The molecule has 2 aliphatic rings. The number of carbonyl (C=O) groups is 1. The second kappa shape index (κ2) is 5.83. The van der Waals surface area contributed by atoms with Gasteiger partial charge in [-0.3, -0.25) is 4.79 Å². The first-order chi connectivity index (χ1) is 12.0. The minimum Gasteiger partial charge on any atom is -0.368 e. The molecule has 1 fully saturated rings. The zero-order valence-electron chi connectivity index (χ0n) is 14.9. The van der Waals surface area contributed by atoms with Gasteiger partial charge >= 0.3 is 0 Å². The zero-order chi connectivity index (χ0) is 17.6. The molecule has 1 unspecified atom stereocenters. The van der Waals surface area contributed by atoms with E-state index < -0.39 is 0 Å². The molecule has 1 amide bonds. The summed E-state index contributed by atoms with van der Waals surface area (Å²) in [5.41, 5.74) is 11.0. The third kappa shape index (κ3) is 2.68. The number of amides is 1. The van der Waals surface area contributed by atoms with Crippen LogP contribution in [0.5, 0.6) is 0 Å². The lowest BCUT2D eigenvalue weighted by Gasteiger charge is -2.40. The van der Waals surface area contributed by atoms with Crippen molar-refractivity contribution < 1.29 is 4.79 Å². The largest absolute Gasteiger partial charge is 0.368 e. The molecule has 1 aliphatic carbocycles. The van der Waals surface area contributed by atoms with Crippen molar-refractivity contribution in [1.29, 1.82) is 0 Å². The summed E-state index contributed by atoms with van der Waals surface area (Å²) >= 11 is 0. The van der Waals surface area contributed by atoms with E-state index in [0.29, 0.717) is 5.95 Å². The highest BCUT2D eigenvalue weighted by Gasteiger charge is 2.44. The molecule has 1 atom stereocenters. The maximum atomic E-state index is 13.2. The maximum Gasteiger partial charge on any atom is 0.254 e. The number of likely N-dealkylation sites (tertiary alicyclic amines) is 1. The first-order valence-electron chi connectivity index (χ1n) is 8.97. The first kappa shape index (κ1) is 16.1. The molecule has 130 valence electrons. The summed E-state index contributed by atoms with van der Waals surface area (Å²) < 4.78 is 0. The predicted molar refractivity (Wildman–Crippen MR) is 97.5 cm³/mol. The summed E-state index contributed by atoms with van der Waals surface area (Å²) in [7, 11) is 0. The van der Waals surface area contributed by atoms with Crippen LogP contribution in [0.4, 0.5) is 5.95 Å². The monoisotopic (exact) mass is 336 g/mol. The number of hydrogen-bond donors (Lipinski definition) is 1. The predicted octanol–water partition coefficient (Wildman–Crippen LogP) is 2.80. The molecule has 25 heavy (non-hydrogen) atoms. The SMILES string of the molecule is Cc1ccc(C)c(C(=O)N2CCCC3(CCc4cnc(N)nc43)C2)c1. The molecule has 0 bridgehead atoms. The summed E-state index contributed by atoms with van der Waals surface area (Å²) in [5, 5.41) is 0. The van der Waals surface area contributed by atoms with Gasteiger partial charge in [-0.25, -0.2) is 9.97 Å². The van der Waals surface area contributed by atoms with Gasteiger partial charge in [-0.05, 0) is 56.7 Å². The van der Waals surface area contributed by atoms with Gasteiger partial charge in [0.2, 0.25) is 5.95 Å². The zero-order valence-corrected chi connectivity index (χ0v) is 14.9. The standard InChI is InChI=1S/C20H24N4O/c1-13-4-5-14(2)16(10-13)18(25)24-9-3-7-20(12-24)8-6-15-11-22-19(21)23-17(15)20/h4-5,10-11H,3,6-9,12H2,1-2H3,(H2,21,22,23). The van der Waals surface area contributed by atoms with Crippen LogP contribution in [0, 0.1) is 13.8 Å². The number of nitrogens with zero attached hydrogens (tertiary/aromatic N) is 3. The van der Waals surface area contributed by atoms with Crippen LogP contribution in [0.1, 0.15) is 52.0 Å². The van der Waals surface area contributed by atoms with Gasteiger partial charge in [-0.1, -0.05) is 17.7 Å². The fraction of sp³-hybridized carbons (Fsp3) is 0.450. The van der Waals surface area contributed by atoms with Gasteiger partial charge in [0.05, 0.1) is 5.69 Å². The average Bonchev–Trinajstić information content (AvgIpc) is 2.94. The summed E-state index contributed by atoms with van der Waals surface area (Å²) in [6.45, 7) is 5.57. The number of aromatic nitrogens is 2. The highest BCUT2D eigenvalue weighted by molar-refractivity contribution is 5.96. The van der Waals surface area contributed by atoms with E-state index in [0.717, 1.165) is 61.2 Å². The Morgan fingerprint density at radius 3 is 2.96 bits per heavy atom. The van der Waals surface area contributed by atoms with Gasteiger partial charge in [0, 0.05) is 30.3 Å². The molecule has 1 aliphatic heterocycles. The van der Waals surface area contributed by atoms with Gasteiger partial charge in [0.1, 0.15) is 0 Å². The summed E-state index contributed by atoms with van der Waals surface area (Å²) in [5.74, 6) is 0.466. The average molecular weight is 336 g/mol. The molecule has 1 saturated heterocycles. The van der Waals surface area contributed by atoms with E-state index >= 15 is 0 Å². The van der Waals surface area contributed by atoms with Gasteiger partial charge < -0.3 is 10.6 Å². The third-order valence-corrected chi connectivity index (χ3v) is 5.75. The number of hydrogen-bond acceptors (Lipinski definition) is 4. The van der Waals surface area contributed by atoms with Crippen LogP contribution in [0.25, 0.3) is 0 Å². The van der Waals surface area contributed by atoms with Crippen LogP contribution >= 0.6 is 0 Å². The Balaban J connectivity index is 1.66. The van der Waals surface area contributed by atoms with Crippen LogP contribution in [0.2, 0.25) is 0 Å². The molecule has 1 aromatic carbocycles. The smallest absolute Gasteiger partial charge is 0.254 e. The molecular formula is C20H24N4O. The molecule has 5 nitrogen and oxygen atoms in total. The Bertz CT molecular complexity index is 844. The van der Waals surface area contributed by atoms with Crippen molar-refractivity contribution in [3.8, 4) is 0 Å². The van der Waals surface area contributed by atoms with Crippen molar-refractivity contribution in [2.24, 2.45) is 0 Å². The highest BCUT2D eigenvalue weighted by Crippen LogP contribution is 2.44. The van der Waals surface area contributed by atoms with E-state index in [-0.39, 0.29) is 11.3 Å². The van der Waals surface area contributed by atoms with E-state index in [1.165, 1.54) is 5.56 Å². The molecule has 2 heterocycles. The number of nitrogens with two attached hydrogens (primary N) is 1. The van der Waals surface area contributed by atoms with Crippen LogP contribution < -0.4 is 5.73 Å². The number of rotatable bonds is 1. The number of fused-ring (bicyclic) bond motifs is 2. The Labute approximate surface area is 148 Å².